The molecule has 2 N–H and O–H groups in total. The van der Waals surface area contributed by atoms with Crippen LogP contribution in [0.1, 0.15) is 27.0 Å². The Morgan fingerprint density at radius 3 is 2.80 bits per heavy atom. The van der Waals surface area contributed by atoms with Crippen molar-refractivity contribution in [2.75, 3.05) is 12.1 Å². The van der Waals surface area contributed by atoms with Crippen molar-refractivity contribution in [3.63, 3.8) is 0 Å². The minimum absolute atomic E-state index is 0.00906. The highest BCUT2D eigenvalue weighted by Crippen LogP contribution is 2.33. The van der Waals surface area contributed by atoms with E-state index < -0.39 is 5.91 Å². The molecular formula is C30H22ClN7O4S2. The van der Waals surface area contributed by atoms with Crippen LogP contribution in [0.3, 0.4) is 0 Å². The molecular weight excluding hydrogens is 622 g/mol. The molecule has 1 aliphatic rings. The van der Waals surface area contributed by atoms with E-state index in [1.165, 1.54) is 33.6 Å². The number of hydrogen-bond donors (Lipinski definition) is 2. The van der Waals surface area contributed by atoms with Crippen LogP contribution in [0.4, 0.5) is 5.13 Å². The lowest BCUT2D eigenvalue weighted by molar-refractivity contribution is 0.102. The Labute approximate surface area is 262 Å². The van der Waals surface area contributed by atoms with Gasteiger partial charge < -0.3 is 14.0 Å². The number of nitrogens with one attached hydrogen (secondary N) is 2. The molecule has 1 aliphatic heterocycles. The van der Waals surface area contributed by atoms with Crippen LogP contribution in [0.25, 0.3) is 16.7 Å². The highest BCUT2D eigenvalue weighted by Gasteiger charge is 2.21. The van der Waals surface area contributed by atoms with E-state index in [1.807, 2.05) is 49.4 Å². The van der Waals surface area contributed by atoms with Crippen molar-refractivity contribution in [1.29, 1.82) is 5.41 Å². The maximum atomic E-state index is 13.7. The van der Waals surface area contributed by atoms with Gasteiger partial charge in [-0.1, -0.05) is 65.0 Å². The number of benzene rings is 2. The van der Waals surface area contributed by atoms with Gasteiger partial charge in [0, 0.05) is 17.0 Å². The summed E-state index contributed by atoms with van der Waals surface area (Å²) in [5, 5.41) is 21.3. The molecule has 6 aromatic rings. The van der Waals surface area contributed by atoms with Gasteiger partial charge in [0.05, 0.1) is 17.5 Å². The van der Waals surface area contributed by atoms with Gasteiger partial charge in [0.15, 0.2) is 15.8 Å². The number of pyridine rings is 2. The Kier molecular flexibility index (Phi) is 7.28. The minimum atomic E-state index is -0.594. The normalized spacial score (nSPS) is 12.2. The van der Waals surface area contributed by atoms with E-state index in [9.17, 15) is 9.59 Å². The molecule has 0 unspecified atom stereocenters. The van der Waals surface area contributed by atoms with Crippen LogP contribution in [0.5, 0.6) is 11.5 Å². The molecule has 0 spiro atoms. The fraction of sp³-hybridized carbons (Fsp3) is 0.133. The number of carbonyl (C=O) groups excluding carboxylic acids is 1. The molecule has 0 bridgehead atoms. The highest BCUT2D eigenvalue weighted by molar-refractivity contribution is 8.00. The molecule has 44 heavy (non-hydrogen) atoms. The Morgan fingerprint density at radius 1 is 1.09 bits per heavy atom. The van der Waals surface area contributed by atoms with E-state index in [0.29, 0.717) is 32.3 Å². The Balaban J connectivity index is 1.26. The van der Waals surface area contributed by atoms with Crippen molar-refractivity contribution >= 4 is 62.4 Å². The van der Waals surface area contributed by atoms with Crippen molar-refractivity contribution in [2.45, 2.75) is 23.6 Å². The van der Waals surface area contributed by atoms with Gasteiger partial charge in [0.25, 0.3) is 11.5 Å². The predicted octanol–water partition coefficient (Wildman–Crippen LogP) is 5.26. The van der Waals surface area contributed by atoms with Gasteiger partial charge in [-0.25, -0.2) is 4.98 Å². The van der Waals surface area contributed by atoms with Crippen molar-refractivity contribution < 1.29 is 14.3 Å². The van der Waals surface area contributed by atoms with E-state index in [-0.39, 0.29) is 46.1 Å². The average Bonchev–Trinajstić information content (AvgIpc) is 3.68. The molecule has 14 heteroatoms. The van der Waals surface area contributed by atoms with Crippen LogP contribution >= 0.6 is 34.7 Å². The van der Waals surface area contributed by atoms with Crippen molar-refractivity contribution in [3.8, 4) is 11.5 Å². The van der Waals surface area contributed by atoms with Gasteiger partial charge in [0.1, 0.15) is 16.8 Å². The van der Waals surface area contributed by atoms with Crippen molar-refractivity contribution in [1.82, 2.24) is 24.1 Å². The van der Waals surface area contributed by atoms with Gasteiger partial charge >= 0.3 is 0 Å². The zero-order valence-corrected chi connectivity index (χ0v) is 25.4. The van der Waals surface area contributed by atoms with Crippen LogP contribution in [-0.4, -0.2) is 36.8 Å². The lowest BCUT2D eigenvalue weighted by atomic mass is 10.1. The number of ether oxygens (including phenoxy) is 2. The van der Waals surface area contributed by atoms with Crippen LogP contribution in [0, 0.1) is 12.3 Å². The number of amides is 1. The molecule has 0 saturated heterocycles. The maximum Gasteiger partial charge on any atom is 0.267 e. The van der Waals surface area contributed by atoms with E-state index in [2.05, 4.69) is 15.5 Å². The van der Waals surface area contributed by atoms with E-state index in [1.54, 1.807) is 22.9 Å². The molecule has 0 aliphatic carbocycles. The third-order valence-electron chi connectivity index (χ3n) is 7.09. The number of aromatic nitrogens is 5. The number of aryl methyl sites for hydroxylation is 1. The lowest BCUT2D eigenvalue weighted by Crippen LogP contribution is -2.32. The third-order valence-corrected chi connectivity index (χ3v) is 9.48. The SMILES string of the molecule is Cc1cccn2c(=O)c3cc(C(=O)Nc4nnc(SCc5ccccc5Cl)s4)c(=N)n(Cc4ccc5c(c4)OCO5)c3nc12. The van der Waals surface area contributed by atoms with Crippen LogP contribution in [0.2, 0.25) is 5.02 Å². The second-order valence-corrected chi connectivity index (χ2v) is 12.5. The molecule has 2 aromatic carbocycles. The van der Waals surface area contributed by atoms with Crippen LogP contribution in [0.15, 0.2) is 76.0 Å². The van der Waals surface area contributed by atoms with Gasteiger partial charge in [0.2, 0.25) is 11.9 Å². The summed E-state index contributed by atoms with van der Waals surface area (Å²) in [5.41, 5.74) is 2.83. The molecule has 0 radical (unpaired) electrons. The molecule has 4 aromatic heterocycles. The monoisotopic (exact) mass is 643 g/mol. The largest absolute Gasteiger partial charge is 0.454 e. The van der Waals surface area contributed by atoms with Gasteiger partial charge in [-0.3, -0.25) is 24.7 Å². The summed E-state index contributed by atoms with van der Waals surface area (Å²) >= 11 is 8.92. The summed E-state index contributed by atoms with van der Waals surface area (Å²) in [5.74, 6) is 1.21. The fourth-order valence-corrected chi connectivity index (χ4v) is 6.92. The maximum absolute atomic E-state index is 13.7. The van der Waals surface area contributed by atoms with E-state index >= 15 is 0 Å². The lowest BCUT2D eigenvalue weighted by Gasteiger charge is -2.15. The first-order chi connectivity index (χ1) is 21.4. The predicted molar refractivity (Wildman–Crippen MR) is 168 cm³/mol. The number of halogens is 1. The first kappa shape index (κ1) is 28.1. The van der Waals surface area contributed by atoms with Crippen molar-refractivity contribution in [2.24, 2.45) is 0 Å². The smallest absolute Gasteiger partial charge is 0.267 e. The van der Waals surface area contributed by atoms with Gasteiger partial charge in [-0.05, 0) is 53.9 Å². The Morgan fingerprint density at radius 2 is 1.93 bits per heavy atom. The van der Waals surface area contributed by atoms with E-state index in [0.717, 1.165) is 16.7 Å². The first-order valence-corrected chi connectivity index (χ1v) is 15.5. The van der Waals surface area contributed by atoms with Crippen LogP contribution < -0.4 is 25.8 Å². The minimum Gasteiger partial charge on any atom is -0.454 e. The molecule has 0 saturated carbocycles. The molecule has 1 amide bonds. The highest BCUT2D eigenvalue weighted by atomic mass is 35.5. The summed E-state index contributed by atoms with van der Waals surface area (Å²) in [6.45, 7) is 2.15. The fourth-order valence-electron chi connectivity index (χ4n) is 4.88. The summed E-state index contributed by atoms with van der Waals surface area (Å²) in [6, 6.07) is 18.1. The summed E-state index contributed by atoms with van der Waals surface area (Å²) in [7, 11) is 0. The molecule has 220 valence electrons. The quantitative estimate of drug-likeness (QED) is 0.137. The molecule has 0 fully saturated rings. The standard InChI is InChI=1S/C30H22ClN7O4S2/c1-16-5-4-10-37-25(16)33-26-20(28(37)40)12-19(24(32)38(26)13-17-8-9-22-23(11-17)42-15-41-22)27(39)34-29-35-36-30(44-29)43-14-18-6-2-3-7-21(18)31/h2-12,32H,13-15H2,1H3,(H,34,35,39). The number of anilines is 1. The Bertz CT molecular complexity index is 2230. The number of carbonyl (C=O) groups is 1. The topological polar surface area (TPSA) is 136 Å². The van der Waals surface area contributed by atoms with E-state index in [4.69, 9.17) is 31.5 Å². The zero-order chi connectivity index (χ0) is 30.4. The Hall–Kier alpha value is -4.72. The first-order valence-electron chi connectivity index (χ1n) is 13.4. The number of fused-ring (bicyclic) bond motifs is 3. The molecule has 7 rings (SSSR count). The van der Waals surface area contributed by atoms with Gasteiger partial charge in [-0.2, -0.15) is 0 Å². The van der Waals surface area contributed by atoms with Crippen molar-refractivity contribution in [3.05, 3.63) is 110 Å². The summed E-state index contributed by atoms with van der Waals surface area (Å²) < 4.78 is 14.6. The van der Waals surface area contributed by atoms with Gasteiger partial charge in [-0.15, -0.1) is 10.2 Å². The molecule has 11 nitrogen and oxygen atoms in total. The number of rotatable bonds is 7. The number of nitrogens with zero attached hydrogens (tertiary/aromatic N) is 5. The zero-order valence-electron chi connectivity index (χ0n) is 23.0. The number of hydrogen-bond acceptors (Lipinski definition) is 10. The molecule has 0 atom stereocenters. The second-order valence-electron chi connectivity index (χ2n) is 9.93. The molecule has 5 heterocycles. The second kappa shape index (κ2) is 11.4. The summed E-state index contributed by atoms with van der Waals surface area (Å²) in [4.78, 5) is 32.1. The third kappa shape index (κ3) is 5.19. The number of thioether (sulfide) groups is 1. The van der Waals surface area contributed by atoms with Crippen LogP contribution in [-0.2, 0) is 12.3 Å². The average molecular weight is 644 g/mol. The summed E-state index contributed by atoms with van der Waals surface area (Å²) in [6.07, 6.45) is 1.64.